The summed E-state index contributed by atoms with van der Waals surface area (Å²) < 4.78 is 42.0. The maximum atomic E-state index is 13.5. The molecule has 1 saturated heterocycles. The number of aromatic nitrogens is 2. The highest BCUT2D eigenvalue weighted by Gasteiger charge is 2.43. The van der Waals surface area contributed by atoms with Gasteiger partial charge < -0.3 is 10.6 Å². The van der Waals surface area contributed by atoms with Crippen LogP contribution in [0.1, 0.15) is 21.6 Å². The second kappa shape index (κ2) is 8.74. The highest BCUT2D eigenvalue weighted by Crippen LogP contribution is 2.25. The molecule has 1 aliphatic heterocycles. The average molecular weight is 395 g/mol. The van der Waals surface area contributed by atoms with Crippen LogP contribution < -0.4 is 10.6 Å². The molecule has 1 fully saturated rings. The van der Waals surface area contributed by atoms with Gasteiger partial charge >= 0.3 is 6.18 Å². The number of piperazine rings is 1. The van der Waals surface area contributed by atoms with Gasteiger partial charge in [-0.1, -0.05) is 30.3 Å². The van der Waals surface area contributed by atoms with Crippen LogP contribution in [0.25, 0.3) is 0 Å². The number of nitrogens with one attached hydrogen (secondary N) is 2. The summed E-state index contributed by atoms with van der Waals surface area (Å²) >= 11 is 0. The van der Waals surface area contributed by atoms with E-state index in [4.69, 9.17) is 0 Å². The van der Waals surface area contributed by atoms with Crippen molar-refractivity contribution in [3.8, 4) is 0 Å². The Bertz CT molecular complexity index is 785. The Hall–Kier alpha value is -2.39. The average Bonchev–Trinajstić information content (AvgIpc) is 3.03. The number of carbonyl (C=O) groups excluding carboxylic acids is 1. The Morgan fingerprint density at radius 1 is 1.25 bits per heavy atom. The summed E-state index contributed by atoms with van der Waals surface area (Å²) in [5, 5.41) is 9.69. The zero-order valence-electron chi connectivity index (χ0n) is 15.7. The normalized spacial score (nSPS) is 16.7. The van der Waals surface area contributed by atoms with Crippen molar-refractivity contribution in [1.82, 2.24) is 25.3 Å². The van der Waals surface area contributed by atoms with E-state index in [0.717, 1.165) is 5.56 Å². The second-order valence-electron chi connectivity index (χ2n) is 6.84. The van der Waals surface area contributed by atoms with Gasteiger partial charge in [0.15, 0.2) is 0 Å². The van der Waals surface area contributed by atoms with Crippen molar-refractivity contribution in [3.05, 3.63) is 53.3 Å². The first-order valence-electron chi connectivity index (χ1n) is 9.22. The van der Waals surface area contributed by atoms with E-state index in [1.165, 1.54) is 11.1 Å². The van der Waals surface area contributed by atoms with Crippen LogP contribution in [-0.2, 0) is 6.54 Å². The number of hydrogen-bond acceptors (Lipinski definition) is 4. The van der Waals surface area contributed by atoms with Crippen LogP contribution in [0, 0.1) is 6.92 Å². The molecule has 1 amide bonds. The lowest BCUT2D eigenvalue weighted by Gasteiger charge is -2.35. The summed E-state index contributed by atoms with van der Waals surface area (Å²) in [4.78, 5) is 13.8. The van der Waals surface area contributed by atoms with E-state index in [1.54, 1.807) is 11.6 Å². The molecule has 2 heterocycles. The molecule has 9 heteroatoms. The first-order valence-corrected chi connectivity index (χ1v) is 9.22. The van der Waals surface area contributed by atoms with Crippen LogP contribution in [0.5, 0.6) is 0 Å². The summed E-state index contributed by atoms with van der Waals surface area (Å²) in [6.07, 6.45) is -3.00. The molecule has 28 heavy (non-hydrogen) atoms. The summed E-state index contributed by atoms with van der Waals surface area (Å²) in [6.45, 7) is 3.36. The number of benzene rings is 1. The summed E-state index contributed by atoms with van der Waals surface area (Å²) in [5.74, 6) is -0.541. The number of hydrogen-bond donors (Lipinski definition) is 2. The van der Waals surface area contributed by atoms with E-state index in [-0.39, 0.29) is 5.56 Å². The Morgan fingerprint density at radius 2 is 1.93 bits per heavy atom. The van der Waals surface area contributed by atoms with Crippen molar-refractivity contribution in [1.29, 1.82) is 0 Å². The largest absolute Gasteiger partial charge is 0.405 e. The number of carbonyl (C=O) groups is 1. The number of rotatable bonds is 6. The van der Waals surface area contributed by atoms with Crippen molar-refractivity contribution in [3.63, 3.8) is 0 Å². The fourth-order valence-electron chi connectivity index (χ4n) is 3.32. The SMILES string of the molecule is Cc1c(C(=O)NCC(N2CCNCC2)C(F)(F)F)cnn1Cc1ccccc1. The maximum Gasteiger partial charge on any atom is 0.405 e. The summed E-state index contributed by atoms with van der Waals surface area (Å²) in [7, 11) is 0. The van der Waals surface area contributed by atoms with Gasteiger partial charge in [-0.15, -0.1) is 0 Å². The molecule has 1 unspecified atom stereocenters. The van der Waals surface area contributed by atoms with Crippen molar-refractivity contribution in [2.75, 3.05) is 32.7 Å². The van der Waals surface area contributed by atoms with Gasteiger partial charge in [0.05, 0.1) is 18.3 Å². The lowest BCUT2D eigenvalue weighted by Crippen LogP contribution is -2.57. The van der Waals surface area contributed by atoms with Crippen molar-refractivity contribution in [2.24, 2.45) is 0 Å². The minimum Gasteiger partial charge on any atom is -0.350 e. The maximum absolute atomic E-state index is 13.5. The molecular formula is C19H24F3N5O. The van der Waals surface area contributed by atoms with Crippen LogP contribution >= 0.6 is 0 Å². The predicted octanol–water partition coefficient (Wildman–Crippen LogP) is 1.81. The van der Waals surface area contributed by atoms with Gasteiger partial charge in [-0.2, -0.15) is 18.3 Å². The van der Waals surface area contributed by atoms with Crippen LogP contribution in [0.4, 0.5) is 13.2 Å². The first-order chi connectivity index (χ1) is 13.4. The van der Waals surface area contributed by atoms with E-state index in [9.17, 15) is 18.0 Å². The lowest BCUT2D eigenvalue weighted by atomic mass is 10.2. The quantitative estimate of drug-likeness (QED) is 0.783. The molecule has 152 valence electrons. The molecule has 1 atom stereocenters. The molecule has 0 bridgehead atoms. The van der Waals surface area contributed by atoms with Gasteiger partial charge in [-0.25, -0.2) is 0 Å². The third-order valence-corrected chi connectivity index (χ3v) is 4.95. The monoisotopic (exact) mass is 395 g/mol. The molecular weight excluding hydrogens is 371 g/mol. The van der Waals surface area contributed by atoms with E-state index >= 15 is 0 Å². The van der Waals surface area contributed by atoms with Gasteiger partial charge in [-0.05, 0) is 12.5 Å². The minimum atomic E-state index is -4.41. The first kappa shape index (κ1) is 20.3. The molecule has 1 aromatic carbocycles. The van der Waals surface area contributed by atoms with Gasteiger partial charge in [0, 0.05) is 38.4 Å². The molecule has 0 saturated carbocycles. The lowest BCUT2D eigenvalue weighted by molar-refractivity contribution is -0.183. The number of nitrogens with zero attached hydrogens (tertiary/aromatic N) is 3. The minimum absolute atomic E-state index is 0.289. The van der Waals surface area contributed by atoms with Crippen LogP contribution in [-0.4, -0.2) is 65.5 Å². The Balaban J connectivity index is 1.65. The molecule has 1 aliphatic rings. The molecule has 0 aliphatic carbocycles. The smallest absolute Gasteiger partial charge is 0.350 e. The third kappa shape index (κ3) is 4.90. The Labute approximate surface area is 161 Å². The van der Waals surface area contributed by atoms with Gasteiger partial charge in [-0.3, -0.25) is 14.4 Å². The standard InChI is InChI=1S/C19H24F3N5O/c1-14-16(11-25-27(14)13-15-5-3-2-4-6-15)18(28)24-12-17(19(20,21)22)26-9-7-23-8-10-26/h2-6,11,17,23H,7-10,12-13H2,1H3,(H,24,28). The predicted molar refractivity (Wildman–Crippen MR) is 99.1 cm³/mol. The molecule has 0 radical (unpaired) electrons. The van der Waals surface area contributed by atoms with Crippen LogP contribution in [0.15, 0.2) is 36.5 Å². The van der Waals surface area contributed by atoms with Gasteiger partial charge in [0.1, 0.15) is 6.04 Å². The zero-order chi connectivity index (χ0) is 20.1. The van der Waals surface area contributed by atoms with Crippen molar-refractivity contribution >= 4 is 5.91 Å². The second-order valence-corrected chi connectivity index (χ2v) is 6.84. The summed E-state index contributed by atoms with van der Waals surface area (Å²) in [6, 6.07) is 7.93. The van der Waals surface area contributed by atoms with Gasteiger partial charge in [0.2, 0.25) is 0 Å². The Kier molecular flexibility index (Phi) is 6.35. The molecule has 0 spiro atoms. The van der Waals surface area contributed by atoms with Crippen molar-refractivity contribution < 1.29 is 18.0 Å². The molecule has 2 N–H and O–H groups in total. The molecule has 6 nitrogen and oxygen atoms in total. The van der Waals surface area contributed by atoms with Crippen LogP contribution in [0.3, 0.4) is 0 Å². The van der Waals surface area contributed by atoms with E-state index in [0.29, 0.717) is 38.4 Å². The molecule has 1 aromatic heterocycles. The topological polar surface area (TPSA) is 62.2 Å². The van der Waals surface area contributed by atoms with Gasteiger partial charge in [0.25, 0.3) is 5.91 Å². The molecule has 2 aromatic rings. The third-order valence-electron chi connectivity index (χ3n) is 4.95. The summed E-state index contributed by atoms with van der Waals surface area (Å²) in [5.41, 5.74) is 1.93. The number of amides is 1. The highest BCUT2D eigenvalue weighted by atomic mass is 19.4. The fraction of sp³-hybridized carbons (Fsp3) is 0.474. The van der Waals surface area contributed by atoms with E-state index in [2.05, 4.69) is 15.7 Å². The van der Waals surface area contributed by atoms with Crippen LogP contribution in [0.2, 0.25) is 0 Å². The molecule has 3 rings (SSSR count). The number of alkyl halides is 3. The van der Waals surface area contributed by atoms with E-state index in [1.807, 2.05) is 30.3 Å². The van der Waals surface area contributed by atoms with E-state index < -0.39 is 24.7 Å². The zero-order valence-corrected chi connectivity index (χ0v) is 15.7. The number of halogens is 3. The highest BCUT2D eigenvalue weighted by molar-refractivity contribution is 5.95. The van der Waals surface area contributed by atoms with Crippen molar-refractivity contribution in [2.45, 2.75) is 25.7 Å². The fourth-order valence-corrected chi connectivity index (χ4v) is 3.32. The Morgan fingerprint density at radius 3 is 2.57 bits per heavy atom.